The Morgan fingerprint density at radius 3 is 2.61 bits per heavy atom. The Hall–Kier alpha value is -3.54. The number of thiazole rings is 1. The lowest BCUT2D eigenvalue weighted by Gasteiger charge is -2.29. The van der Waals surface area contributed by atoms with E-state index in [-0.39, 0.29) is 35.9 Å². The molecule has 0 aliphatic carbocycles. The minimum Gasteiger partial charge on any atom is -0.375 e. The second kappa shape index (κ2) is 8.43. The van der Waals surface area contributed by atoms with Crippen molar-refractivity contribution in [1.29, 1.82) is 0 Å². The van der Waals surface area contributed by atoms with Crippen molar-refractivity contribution in [2.24, 2.45) is 0 Å². The summed E-state index contributed by atoms with van der Waals surface area (Å²) in [6, 6.07) is 5.30. The van der Waals surface area contributed by atoms with Crippen molar-refractivity contribution in [3.8, 4) is 0 Å². The number of nitrogens with zero attached hydrogens (tertiary/aromatic N) is 3. The van der Waals surface area contributed by atoms with Crippen LogP contribution in [-0.2, 0) is 23.7 Å². The average Bonchev–Trinajstić information content (AvgIpc) is 3.15. The molecule has 1 aliphatic heterocycles. The molecule has 0 saturated carbocycles. The van der Waals surface area contributed by atoms with Crippen molar-refractivity contribution < 1.29 is 27.2 Å². The molecule has 2 aromatic heterocycles. The zero-order chi connectivity index (χ0) is 23.9. The fourth-order valence-corrected chi connectivity index (χ4v) is 4.29. The lowest BCUT2D eigenvalue weighted by atomic mass is 10.1. The fraction of sp³-hybridized carbons (Fsp3) is 0.238. The summed E-state index contributed by atoms with van der Waals surface area (Å²) in [5.41, 5.74) is 4.74. The number of rotatable bonds is 4. The van der Waals surface area contributed by atoms with E-state index in [0.29, 0.717) is 16.6 Å². The summed E-state index contributed by atoms with van der Waals surface area (Å²) >= 11 is 1.09. The highest BCUT2D eigenvalue weighted by Crippen LogP contribution is 2.34. The van der Waals surface area contributed by atoms with E-state index in [0.717, 1.165) is 28.4 Å². The Labute approximate surface area is 189 Å². The first-order valence-electron chi connectivity index (χ1n) is 9.72. The maximum atomic E-state index is 15.0. The molecule has 7 nitrogen and oxygen atoms in total. The first-order valence-corrected chi connectivity index (χ1v) is 10.5. The van der Waals surface area contributed by atoms with Crippen LogP contribution in [0.15, 0.2) is 30.3 Å². The van der Waals surface area contributed by atoms with Crippen LogP contribution in [0.4, 0.5) is 28.4 Å². The maximum Gasteiger partial charge on any atom is 0.369 e. The van der Waals surface area contributed by atoms with Crippen molar-refractivity contribution in [1.82, 2.24) is 14.9 Å². The predicted molar refractivity (Wildman–Crippen MR) is 113 cm³/mol. The van der Waals surface area contributed by atoms with Crippen LogP contribution in [-0.4, -0.2) is 33.2 Å². The number of aromatic nitrogens is 2. The van der Waals surface area contributed by atoms with E-state index in [2.05, 4.69) is 15.3 Å². The standard InChI is InChI=1S/C21H17F4N5O2S/c1-10-8-11(2-3-12(10)22)27-18(31)15-5-4-13(23)17(28-15)21(24,25)19(32)30-7-6-14-16(9-30)33-20(26)29-14/h2-5,8H,6-7,9H2,1H3,(H2,26,29)(H,27,31). The molecule has 1 aromatic carbocycles. The number of carbonyl (C=O) groups is 2. The quantitative estimate of drug-likeness (QED) is 0.557. The summed E-state index contributed by atoms with van der Waals surface area (Å²) in [5.74, 6) is -8.80. The van der Waals surface area contributed by atoms with Crippen molar-refractivity contribution in [3.63, 3.8) is 0 Å². The van der Waals surface area contributed by atoms with Gasteiger partial charge in [-0.2, -0.15) is 8.78 Å². The number of hydrogen-bond acceptors (Lipinski definition) is 6. The summed E-state index contributed by atoms with van der Waals surface area (Å²) in [6.45, 7) is 1.30. The maximum absolute atomic E-state index is 15.0. The van der Waals surface area contributed by atoms with Crippen LogP contribution in [0.5, 0.6) is 0 Å². The van der Waals surface area contributed by atoms with Gasteiger partial charge in [0.25, 0.3) is 11.8 Å². The zero-order valence-corrected chi connectivity index (χ0v) is 18.0. The van der Waals surface area contributed by atoms with Crippen LogP contribution in [0.1, 0.15) is 32.3 Å². The van der Waals surface area contributed by atoms with Crippen molar-refractivity contribution in [3.05, 3.63) is 69.5 Å². The van der Waals surface area contributed by atoms with E-state index in [9.17, 15) is 18.4 Å². The first kappa shape index (κ1) is 22.6. The number of nitrogen functional groups attached to an aromatic ring is 1. The predicted octanol–water partition coefficient (Wildman–Crippen LogP) is 3.64. The number of fused-ring (bicyclic) bond motifs is 1. The van der Waals surface area contributed by atoms with Gasteiger partial charge < -0.3 is 16.0 Å². The molecule has 0 bridgehead atoms. The van der Waals surface area contributed by atoms with E-state index in [1.54, 1.807) is 0 Å². The Bertz CT molecular complexity index is 1260. The topological polar surface area (TPSA) is 101 Å². The normalized spacial score (nSPS) is 13.5. The van der Waals surface area contributed by atoms with Gasteiger partial charge in [-0.1, -0.05) is 0 Å². The first-order chi connectivity index (χ1) is 15.6. The molecule has 0 saturated heterocycles. The van der Waals surface area contributed by atoms with Crippen LogP contribution in [0.25, 0.3) is 0 Å². The van der Waals surface area contributed by atoms with Gasteiger partial charge in [0, 0.05) is 23.5 Å². The van der Waals surface area contributed by atoms with E-state index in [1.807, 2.05) is 0 Å². The van der Waals surface area contributed by atoms with Gasteiger partial charge in [-0.05, 0) is 42.8 Å². The van der Waals surface area contributed by atoms with Gasteiger partial charge in [0.15, 0.2) is 16.6 Å². The summed E-state index contributed by atoms with van der Waals surface area (Å²) in [7, 11) is 0. The monoisotopic (exact) mass is 479 g/mol. The average molecular weight is 479 g/mol. The van der Waals surface area contributed by atoms with E-state index in [1.165, 1.54) is 19.1 Å². The molecule has 4 rings (SSSR count). The number of benzene rings is 1. The lowest BCUT2D eigenvalue weighted by molar-refractivity contribution is -0.161. The number of nitrogens with two attached hydrogens (primary N) is 1. The van der Waals surface area contributed by atoms with Gasteiger partial charge >= 0.3 is 5.92 Å². The second-order valence-corrected chi connectivity index (χ2v) is 8.53. The van der Waals surface area contributed by atoms with Crippen molar-refractivity contribution in [2.45, 2.75) is 25.8 Å². The van der Waals surface area contributed by atoms with E-state index >= 15 is 8.78 Å². The van der Waals surface area contributed by atoms with Gasteiger partial charge in [0.05, 0.1) is 12.2 Å². The molecular formula is C21H17F4N5O2S. The van der Waals surface area contributed by atoms with Crippen LogP contribution < -0.4 is 11.1 Å². The van der Waals surface area contributed by atoms with Crippen LogP contribution in [0.2, 0.25) is 0 Å². The van der Waals surface area contributed by atoms with Crippen molar-refractivity contribution >= 4 is 34.0 Å². The molecule has 3 heterocycles. The Morgan fingerprint density at radius 1 is 1.15 bits per heavy atom. The van der Waals surface area contributed by atoms with Crippen LogP contribution in [0, 0.1) is 18.6 Å². The molecule has 2 amide bonds. The Kier molecular flexibility index (Phi) is 5.78. The van der Waals surface area contributed by atoms with E-state index < -0.39 is 40.8 Å². The van der Waals surface area contributed by atoms with Crippen LogP contribution in [0.3, 0.4) is 0 Å². The van der Waals surface area contributed by atoms with Gasteiger partial charge in [-0.25, -0.2) is 18.7 Å². The molecule has 0 spiro atoms. The molecule has 12 heteroatoms. The summed E-state index contributed by atoms with van der Waals surface area (Å²) in [5, 5.41) is 2.65. The molecule has 0 unspecified atom stereocenters. The molecule has 0 atom stereocenters. The van der Waals surface area contributed by atoms with Gasteiger partial charge in [-0.3, -0.25) is 9.59 Å². The molecule has 33 heavy (non-hydrogen) atoms. The molecule has 3 aromatic rings. The number of alkyl halides is 2. The SMILES string of the molecule is Cc1cc(NC(=O)c2ccc(F)c(C(F)(F)C(=O)N3CCc4nc(N)sc4C3)n2)ccc1F. The van der Waals surface area contributed by atoms with Gasteiger partial charge in [-0.15, -0.1) is 11.3 Å². The van der Waals surface area contributed by atoms with Gasteiger partial charge in [0.1, 0.15) is 11.5 Å². The lowest BCUT2D eigenvalue weighted by Crippen LogP contribution is -2.45. The third-order valence-electron chi connectivity index (χ3n) is 5.10. The number of nitrogens with one attached hydrogen (secondary N) is 1. The number of hydrogen-bond donors (Lipinski definition) is 2. The number of pyridine rings is 1. The summed E-state index contributed by atoms with van der Waals surface area (Å²) < 4.78 is 57.8. The summed E-state index contributed by atoms with van der Waals surface area (Å²) in [6.07, 6.45) is 0.236. The van der Waals surface area contributed by atoms with Crippen molar-refractivity contribution in [2.75, 3.05) is 17.6 Å². The van der Waals surface area contributed by atoms with Gasteiger partial charge in [0.2, 0.25) is 0 Å². The summed E-state index contributed by atoms with van der Waals surface area (Å²) in [4.78, 5) is 34.1. The highest BCUT2D eigenvalue weighted by atomic mass is 32.1. The third-order valence-corrected chi connectivity index (χ3v) is 6.01. The van der Waals surface area contributed by atoms with Crippen LogP contribution >= 0.6 is 11.3 Å². The largest absolute Gasteiger partial charge is 0.375 e. The third kappa shape index (κ3) is 4.38. The number of halogens is 4. The molecule has 0 fully saturated rings. The smallest absolute Gasteiger partial charge is 0.369 e. The number of aryl methyl sites for hydroxylation is 1. The highest BCUT2D eigenvalue weighted by molar-refractivity contribution is 7.15. The molecular weight excluding hydrogens is 462 g/mol. The molecule has 1 aliphatic rings. The molecule has 172 valence electrons. The minimum absolute atomic E-state index is 0.0453. The Morgan fingerprint density at radius 2 is 1.88 bits per heavy atom. The number of anilines is 2. The number of carbonyl (C=O) groups excluding carboxylic acids is 2. The zero-order valence-electron chi connectivity index (χ0n) is 17.2. The number of amides is 2. The van der Waals surface area contributed by atoms with E-state index in [4.69, 9.17) is 5.73 Å². The second-order valence-electron chi connectivity index (χ2n) is 7.42. The molecule has 3 N–H and O–H groups in total. The highest BCUT2D eigenvalue weighted by Gasteiger charge is 2.48. The fourth-order valence-electron chi connectivity index (χ4n) is 3.40. The minimum atomic E-state index is -4.32. The Balaban J connectivity index is 1.57. The molecule has 0 radical (unpaired) electrons.